The van der Waals surface area contributed by atoms with E-state index in [1.807, 2.05) is 39.8 Å². The quantitative estimate of drug-likeness (QED) is 0.454. The zero-order valence-corrected chi connectivity index (χ0v) is 14.8. The smallest absolute Gasteiger partial charge is 0.348 e. The van der Waals surface area contributed by atoms with E-state index in [0.717, 1.165) is 5.56 Å². The average Bonchev–Trinajstić information content (AvgIpc) is 2.54. The molecule has 1 aromatic carbocycles. The zero-order chi connectivity index (χ0) is 18.0. The Morgan fingerprint density at radius 1 is 0.870 bits per heavy atom. The standard InChI is InChI=1S/C15H14O4.2C2H6/c1-4-10-5-7-11(8-6-10)9-12-13(16)18-15(2,3)19-14(12)17;2*1-2/h4-9H,1H2,2-3H3;2*1-2H3. The Labute approximate surface area is 138 Å². The first-order valence-corrected chi connectivity index (χ1v) is 7.82. The minimum Gasteiger partial charge on any atom is -0.419 e. The molecular weight excluding hydrogens is 292 g/mol. The van der Waals surface area contributed by atoms with Gasteiger partial charge in [-0.05, 0) is 17.2 Å². The maximum Gasteiger partial charge on any atom is 0.348 e. The van der Waals surface area contributed by atoms with Gasteiger partial charge in [0.2, 0.25) is 0 Å². The minimum atomic E-state index is -1.21. The molecule has 0 atom stereocenters. The molecule has 4 heteroatoms. The van der Waals surface area contributed by atoms with Crippen molar-refractivity contribution in [3.63, 3.8) is 0 Å². The largest absolute Gasteiger partial charge is 0.419 e. The molecule has 1 aliphatic rings. The molecule has 0 amide bonds. The normalized spacial score (nSPS) is 15.0. The van der Waals surface area contributed by atoms with Gasteiger partial charge in [-0.1, -0.05) is 64.6 Å². The summed E-state index contributed by atoms with van der Waals surface area (Å²) in [6.07, 6.45) is 3.16. The number of hydrogen-bond acceptors (Lipinski definition) is 4. The van der Waals surface area contributed by atoms with Crippen LogP contribution in [0.25, 0.3) is 12.2 Å². The molecule has 4 nitrogen and oxygen atoms in total. The third-order valence-corrected chi connectivity index (χ3v) is 2.60. The van der Waals surface area contributed by atoms with E-state index in [4.69, 9.17) is 9.47 Å². The molecule has 0 aliphatic carbocycles. The van der Waals surface area contributed by atoms with Gasteiger partial charge < -0.3 is 9.47 Å². The maximum absolute atomic E-state index is 11.7. The maximum atomic E-state index is 11.7. The van der Waals surface area contributed by atoms with E-state index in [2.05, 4.69) is 6.58 Å². The molecule has 0 aromatic heterocycles. The molecule has 126 valence electrons. The molecule has 0 saturated carbocycles. The van der Waals surface area contributed by atoms with Crippen LogP contribution >= 0.6 is 0 Å². The van der Waals surface area contributed by atoms with Crippen molar-refractivity contribution < 1.29 is 19.1 Å². The summed E-state index contributed by atoms with van der Waals surface area (Å²) >= 11 is 0. The molecule has 0 spiro atoms. The van der Waals surface area contributed by atoms with Crippen LogP contribution in [0.2, 0.25) is 0 Å². The first-order chi connectivity index (χ1) is 10.9. The SMILES string of the molecule is C=Cc1ccc(C=C2C(=O)OC(C)(C)OC2=O)cc1.CC.CC. The number of rotatable bonds is 2. The second-order valence-corrected chi connectivity index (χ2v) is 4.61. The molecule has 1 heterocycles. The molecule has 23 heavy (non-hydrogen) atoms. The Kier molecular flexibility index (Phi) is 8.63. The van der Waals surface area contributed by atoms with Gasteiger partial charge in [0.05, 0.1) is 0 Å². The van der Waals surface area contributed by atoms with Crippen molar-refractivity contribution >= 4 is 24.1 Å². The van der Waals surface area contributed by atoms with Gasteiger partial charge in [0.25, 0.3) is 5.79 Å². The highest BCUT2D eigenvalue weighted by atomic mass is 16.7. The molecule has 0 bridgehead atoms. The van der Waals surface area contributed by atoms with Crippen LogP contribution in [0.4, 0.5) is 0 Å². The Hall–Kier alpha value is -2.36. The van der Waals surface area contributed by atoms with Crippen LogP contribution in [0.5, 0.6) is 0 Å². The third kappa shape index (κ3) is 6.10. The Morgan fingerprint density at radius 3 is 1.65 bits per heavy atom. The van der Waals surface area contributed by atoms with Gasteiger partial charge in [-0.25, -0.2) is 9.59 Å². The molecule has 1 aliphatic heterocycles. The minimum absolute atomic E-state index is 0.106. The van der Waals surface area contributed by atoms with Crippen LogP contribution in [0.1, 0.15) is 52.7 Å². The van der Waals surface area contributed by atoms with Gasteiger partial charge in [-0.2, -0.15) is 0 Å². The van der Waals surface area contributed by atoms with E-state index in [9.17, 15) is 9.59 Å². The van der Waals surface area contributed by atoms with E-state index in [1.165, 1.54) is 19.9 Å². The fourth-order valence-corrected chi connectivity index (χ4v) is 1.67. The number of esters is 2. The first-order valence-electron chi connectivity index (χ1n) is 7.82. The van der Waals surface area contributed by atoms with E-state index < -0.39 is 17.7 Å². The number of carbonyl (C=O) groups excluding carboxylic acids is 2. The fourth-order valence-electron chi connectivity index (χ4n) is 1.67. The van der Waals surface area contributed by atoms with Crippen LogP contribution in [0.3, 0.4) is 0 Å². The predicted molar refractivity (Wildman–Crippen MR) is 93.5 cm³/mol. The topological polar surface area (TPSA) is 52.6 Å². The van der Waals surface area contributed by atoms with Crippen molar-refractivity contribution in [3.05, 3.63) is 47.5 Å². The summed E-state index contributed by atoms with van der Waals surface area (Å²) < 4.78 is 10.0. The van der Waals surface area contributed by atoms with Crippen LogP contribution in [0, 0.1) is 0 Å². The van der Waals surface area contributed by atoms with Gasteiger partial charge in [0.15, 0.2) is 0 Å². The number of hydrogen-bond donors (Lipinski definition) is 0. The van der Waals surface area contributed by atoms with Gasteiger partial charge in [-0.3, -0.25) is 0 Å². The number of ether oxygens (including phenoxy) is 2. The van der Waals surface area contributed by atoms with Crippen molar-refractivity contribution in [3.8, 4) is 0 Å². The molecule has 1 aromatic rings. The molecular formula is C19H26O4. The monoisotopic (exact) mass is 318 g/mol. The second kappa shape index (κ2) is 9.62. The van der Waals surface area contributed by atoms with Gasteiger partial charge >= 0.3 is 11.9 Å². The first kappa shape index (κ1) is 20.6. The van der Waals surface area contributed by atoms with Crippen LogP contribution < -0.4 is 0 Å². The highest BCUT2D eigenvalue weighted by Crippen LogP contribution is 2.24. The summed E-state index contributed by atoms with van der Waals surface area (Å²) in [6.45, 7) is 14.7. The van der Waals surface area contributed by atoms with E-state index >= 15 is 0 Å². The Bertz CT molecular complexity index is 544. The Balaban J connectivity index is 0.00000112. The highest BCUT2D eigenvalue weighted by Gasteiger charge is 2.38. The van der Waals surface area contributed by atoms with E-state index in [-0.39, 0.29) is 5.57 Å². The van der Waals surface area contributed by atoms with Crippen LogP contribution in [-0.2, 0) is 19.1 Å². The van der Waals surface area contributed by atoms with Crippen molar-refractivity contribution in [1.82, 2.24) is 0 Å². The molecule has 1 fully saturated rings. The summed E-state index contributed by atoms with van der Waals surface area (Å²) in [6, 6.07) is 7.24. The summed E-state index contributed by atoms with van der Waals surface area (Å²) in [7, 11) is 0. The van der Waals surface area contributed by atoms with Crippen molar-refractivity contribution in [1.29, 1.82) is 0 Å². The van der Waals surface area contributed by atoms with Crippen molar-refractivity contribution in [2.24, 2.45) is 0 Å². The predicted octanol–water partition coefficient (Wildman–Crippen LogP) is 4.60. The molecule has 0 unspecified atom stereocenters. The van der Waals surface area contributed by atoms with E-state index in [0.29, 0.717) is 5.56 Å². The van der Waals surface area contributed by atoms with Crippen LogP contribution in [0.15, 0.2) is 36.4 Å². The zero-order valence-electron chi connectivity index (χ0n) is 14.8. The van der Waals surface area contributed by atoms with Gasteiger partial charge in [0.1, 0.15) is 5.57 Å². The van der Waals surface area contributed by atoms with E-state index in [1.54, 1.807) is 18.2 Å². The number of benzene rings is 1. The average molecular weight is 318 g/mol. The Morgan fingerprint density at radius 2 is 1.26 bits per heavy atom. The molecule has 2 rings (SSSR count). The second-order valence-electron chi connectivity index (χ2n) is 4.61. The summed E-state index contributed by atoms with van der Waals surface area (Å²) in [5, 5.41) is 0. The lowest BCUT2D eigenvalue weighted by molar-refractivity contribution is -0.222. The van der Waals surface area contributed by atoms with Crippen molar-refractivity contribution in [2.75, 3.05) is 0 Å². The molecule has 0 N–H and O–H groups in total. The lowest BCUT2D eigenvalue weighted by Gasteiger charge is -2.29. The van der Waals surface area contributed by atoms with Crippen molar-refractivity contribution in [2.45, 2.75) is 47.3 Å². The fraction of sp³-hybridized carbons (Fsp3) is 0.368. The molecule has 0 radical (unpaired) electrons. The van der Waals surface area contributed by atoms with Gasteiger partial charge in [0, 0.05) is 13.8 Å². The number of carbonyl (C=O) groups is 2. The number of cyclic esters (lactones) is 2. The highest BCUT2D eigenvalue weighted by molar-refractivity contribution is 6.18. The third-order valence-electron chi connectivity index (χ3n) is 2.60. The van der Waals surface area contributed by atoms with Gasteiger partial charge in [-0.15, -0.1) is 0 Å². The summed E-state index contributed by atoms with van der Waals surface area (Å²) in [5.74, 6) is -2.55. The summed E-state index contributed by atoms with van der Waals surface area (Å²) in [4.78, 5) is 23.5. The van der Waals surface area contributed by atoms with Crippen LogP contribution in [-0.4, -0.2) is 17.7 Å². The summed E-state index contributed by atoms with van der Waals surface area (Å²) in [5.41, 5.74) is 1.57. The molecule has 1 saturated heterocycles. The lowest BCUT2D eigenvalue weighted by atomic mass is 10.1. The lowest BCUT2D eigenvalue weighted by Crippen LogP contribution is -2.41.